The predicted molar refractivity (Wildman–Crippen MR) is 139 cm³/mol. The summed E-state index contributed by atoms with van der Waals surface area (Å²) >= 11 is 1.46. The van der Waals surface area contributed by atoms with Crippen LogP contribution >= 0.6 is 11.3 Å². The maximum absolute atomic E-state index is 13.6. The molecule has 7 nitrogen and oxygen atoms in total. The molecule has 1 fully saturated rings. The van der Waals surface area contributed by atoms with Crippen LogP contribution in [0.2, 0.25) is 0 Å². The Morgan fingerprint density at radius 2 is 1.74 bits per heavy atom. The van der Waals surface area contributed by atoms with Gasteiger partial charge in [0.25, 0.3) is 15.9 Å². The normalized spacial score (nSPS) is 15.9. The molecule has 0 bridgehead atoms. The number of nitrogens with zero attached hydrogens (tertiary/aromatic N) is 3. The summed E-state index contributed by atoms with van der Waals surface area (Å²) in [6, 6.07) is 22.7. The van der Waals surface area contributed by atoms with Gasteiger partial charge in [0.15, 0.2) is 5.13 Å². The molecule has 1 aliphatic heterocycles. The van der Waals surface area contributed by atoms with Crippen LogP contribution in [-0.2, 0) is 14.8 Å². The van der Waals surface area contributed by atoms with Gasteiger partial charge in [0.05, 0.1) is 33.4 Å². The van der Waals surface area contributed by atoms with Crippen molar-refractivity contribution in [1.29, 1.82) is 0 Å². The average Bonchev–Trinajstić information content (AvgIpc) is 3.56. The number of rotatable bonds is 7. The molecule has 1 amide bonds. The van der Waals surface area contributed by atoms with Gasteiger partial charge in [-0.15, -0.1) is 0 Å². The van der Waals surface area contributed by atoms with E-state index < -0.39 is 10.0 Å². The molecular formula is C26H25N3O4S2. The van der Waals surface area contributed by atoms with Gasteiger partial charge in [-0.2, -0.15) is 0 Å². The Morgan fingerprint density at radius 3 is 2.43 bits per heavy atom. The Morgan fingerprint density at radius 1 is 1.03 bits per heavy atom. The van der Waals surface area contributed by atoms with Gasteiger partial charge in [-0.05, 0) is 61.4 Å². The van der Waals surface area contributed by atoms with E-state index >= 15 is 0 Å². The lowest BCUT2D eigenvalue weighted by Crippen LogP contribution is -2.37. The first-order valence-electron chi connectivity index (χ1n) is 11.4. The first-order valence-corrected chi connectivity index (χ1v) is 13.6. The number of carbonyl (C=O) groups is 1. The minimum Gasteiger partial charge on any atom is -0.376 e. The summed E-state index contributed by atoms with van der Waals surface area (Å²) in [7, 11) is -2.25. The van der Waals surface area contributed by atoms with Crippen LogP contribution in [0.3, 0.4) is 0 Å². The summed E-state index contributed by atoms with van der Waals surface area (Å²) < 4.78 is 34.2. The van der Waals surface area contributed by atoms with Crippen LogP contribution in [0.1, 0.15) is 23.2 Å². The van der Waals surface area contributed by atoms with Crippen LogP contribution in [0, 0.1) is 0 Å². The first kappa shape index (κ1) is 23.5. The molecule has 1 unspecified atom stereocenters. The van der Waals surface area contributed by atoms with Gasteiger partial charge in [0.2, 0.25) is 0 Å². The molecule has 180 valence electrons. The zero-order valence-electron chi connectivity index (χ0n) is 19.2. The number of aromatic nitrogens is 1. The third-order valence-electron chi connectivity index (χ3n) is 6.05. The lowest BCUT2D eigenvalue weighted by molar-refractivity contribution is 0.0917. The molecule has 3 aromatic carbocycles. The molecule has 2 heterocycles. The Balaban J connectivity index is 1.43. The van der Waals surface area contributed by atoms with E-state index in [-0.39, 0.29) is 16.9 Å². The fraction of sp³-hybridized carbons (Fsp3) is 0.231. The second-order valence-electron chi connectivity index (χ2n) is 8.35. The summed E-state index contributed by atoms with van der Waals surface area (Å²) in [5.41, 5.74) is 1.79. The highest BCUT2D eigenvalue weighted by atomic mass is 32.2. The van der Waals surface area contributed by atoms with E-state index in [1.807, 2.05) is 30.3 Å². The zero-order valence-corrected chi connectivity index (χ0v) is 20.8. The largest absolute Gasteiger partial charge is 0.376 e. The summed E-state index contributed by atoms with van der Waals surface area (Å²) in [6.45, 7) is 1.09. The molecule has 35 heavy (non-hydrogen) atoms. The van der Waals surface area contributed by atoms with Gasteiger partial charge in [-0.1, -0.05) is 41.7 Å². The van der Waals surface area contributed by atoms with Crippen molar-refractivity contribution in [1.82, 2.24) is 4.98 Å². The van der Waals surface area contributed by atoms with Gasteiger partial charge in [0.1, 0.15) is 0 Å². The number of amides is 1. The van der Waals surface area contributed by atoms with Crippen molar-refractivity contribution in [2.45, 2.75) is 23.8 Å². The Labute approximate surface area is 208 Å². The third kappa shape index (κ3) is 4.80. The van der Waals surface area contributed by atoms with Gasteiger partial charge in [-0.25, -0.2) is 13.4 Å². The van der Waals surface area contributed by atoms with Gasteiger partial charge in [-0.3, -0.25) is 14.0 Å². The number of thiazole rings is 1. The van der Waals surface area contributed by atoms with E-state index in [9.17, 15) is 13.2 Å². The molecule has 1 saturated heterocycles. The van der Waals surface area contributed by atoms with Crippen LogP contribution in [-0.4, -0.2) is 45.6 Å². The monoisotopic (exact) mass is 507 g/mol. The van der Waals surface area contributed by atoms with Gasteiger partial charge < -0.3 is 4.74 Å². The number of ether oxygens (including phenoxy) is 1. The molecule has 0 spiro atoms. The van der Waals surface area contributed by atoms with Crippen molar-refractivity contribution in [3.8, 4) is 0 Å². The summed E-state index contributed by atoms with van der Waals surface area (Å²) in [6.07, 6.45) is 1.80. The quantitative estimate of drug-likeness (QED) is 0.354. The molecule has 0 N–H and O–H groups in total. The van der Waals surface area contributed by atoms with Crippen LogP contribution in [0.25, 0.3) is 10.2 Å². The van der Waals surface area contributed by atoms with Crippen molar-refractivity contribution in [3.05, 3.63) is 84.4 Å². The predicted octanol–water partition coefficient (Wildman–Crippen LogP) is 4.95. The molecular weight excluding hydrogens is 482 g/mol. The smallest absolute Gasteiger partial charge is 0.264 e. The van der Waals surface area contributed by atoms with Crippen LogP contribution < -0.4 is 9.21 Å². The fourth-order valence-electron chi connectivity index (χ4n) is 4.08. The second kappa shape index (κ2) is 9.77. The molecule has 9 heteroatoms. The van der Waals surface area contributed by atoms with Crippen molar-refractivity contribution < 1.29 is 17.9 Å². The van der Waals surface area contributed by atoms with E-state index in [4.69, 9.17) is 4.74 Å². The van der Waals surface area contributed by atoms with E-state index in [0.717, 1.165) is 23.1 Å². The maximum Gasteiger partial charge on any atom is 0.264 e. The molecule has 1 atom stereocenters. The number of hydrogen-bond donors (Lipinski definition) is 0. The third-order valence-corrected chi connectivity index (χ3v) is 8.91. The summed E-state index contributed by atoms with van der Waals surface area (Å²) in [5.74, 6) is -0.236. The molecule has 0 saturated carbocycles. The van der Waals surface area contributed by atoms with Crippen LogP contribution in [0.15, 0.2) is 83.8 Å². The Hall–Kier alpha value is -3.27. The minimum absolute atomic E-state index is 0.0508. The van der Waals surface area contributed by atoms with Crippen LogP contribution in [0.5, 0.6) is 0 Å². The maximum atomic E-state index is 13.6. The van der Waals surface area contributed by atoms with Gasteiger partial charge in [0, 0.05) is 19.2 Å². The van der Waals surface area contributed by atoms with E-state index in [2.05, 4.69) is 4.98 Å². The lowest BCUT2D eigenvalue weighted by Gasteiger charge is -2.23. The number of carbonyl (C=O) groups excluding carboxylic acids is 1. The number of anilines is 2. The van der Waals surface area contributed by atoms with Crippen molar-refractivity contribution in [2.75, 3.05) is 29.4 Å². The highest BCUT2D eigenvalue weighted by Crippen LogP contribution is 2.31. The molecule has 5 rings (SSSR count). The van der Waals surface area contributed by atoms with E-state index in [1.165, 1.54) is 34.8 Å². The lowest BCUT2D eigenvalue weighted by atomic mass is 10.2. The molecule has 1 aromatic heterocycles. The van der Waals surface area contributed by atoms with Gasteiger partial charge >= 0.3 is 0 Å². The summed E-state index contributed by atoms with van der Waals surface area (Å²) in [5, 5.41) is 0.604. The number of benzene rings is 3. The zero-order chi connectivity index (χ0) is 24.4. The number of fused-ring (bicyclic) bond motifs is 1. The number of sulfonamides is 1. The SMILES string of the molecule is CN(c1ccccc1)S(=O)(=O)c1ccc(C(=O)N(CC2CCCO2)c2nc3ccccc3s2)cc1. The fourth-order valence-corrected chi connectivity index (χ4v) is 6.24. The van der Waals surface area contributed by atoms with E-state index in [1.54, 1.807) is 41.3 Å². The highest BCUT2D eigenvalue weighted by Gasteiger charge is 2.28. The molecule has 4 aromatic rings. The number of hydrogen-bond acceptors (Lipinski definition) is 6. The topological polar surface area (TPSA) is 79.8 Å². The average molecular weight is 508 g/mol. The van der Waals surface area contributed by atoms with E-state index in [0.29, 0.717) is 29.5 Å². The molecule has 0 aliphatic carbocycles. The van der Waals surface area contributed by atoms with Crippen molar-refractivity contribution in [3.63, 3.8) is 0 Å². The first-order chi connectivity index (χ1) is 16.9. The van der Waals surface area contributed by atoms with Crippen LogP contribution in [0.4, 0.5) is 10.8 Å². The molecule has 1 aliphatic rings. The van der Waals surface area contributed by atoms with Crippen molar-refractivity contribution in [2.24, 2.45) is 0 Å². The Bertz CT molecular complexity index is 1400. The summed E-state index contributed by atoms with van der Waals surface area (Å²) in [4.78, 5) is 20.1. The number of para-hydroxylation sites is 2. The standard InChI is InChI=1S/C26H25N3O4S2/c1-28(20-8-3-2-4-9-20)35(31,32)22-15-13-19(14-16-22)25(30)29(18-21-10-7-17-33-21)26-27-23-11-5-6-12-24(23)34-26/h2-6,8-9,11-16,21H,7,10,17-18H2,1H3. The van der Waals surface area contributed by atoms with Crippen molar-refractivity contribution >= 4 is 48.3 Å². The minimum atomic E-state index is -3.76. The second-order valence-corrected chi connectivity index (χ2v) is 11.3. The highest BCUT2D eigenvalue weighted by molar-refractivity contribution is 7.92. The molecule has 0 radical (unpaired) electrons. The Kier molecular flexibility index (Phi) is 6.55.